The number of rotatable bonds is 8. The van der Waals surface area contributed by atoms with Gasteiger partial charge >= 0.3 is 0 Å². The molecule has 7 heteroatoms. The van der Waals surface area contributed by atoms with Crippen molar-refractivity contribution in [3.05, 3.63) is 30.1 Å². The van der Waals surface area contributed by atoms with Gasteiger partial charge in [-0.1, -0.05) is 20.3 Å². The van der Waals surface area contributed by atoms with Gasteiger partial charge in [-0.25, -0.2) is 0 Å². The van der Waals surface area contributed by atoms with Gasteiger partial charge in [-0.2, -0.15) is 0 Å². The van der Waals surface area contributed by atoms with E-state index in [9.17, 15) is 4.79 Å². The Balaban J connectivity index is 0.00000338. The third-order valence-corrected chi connectivity index (χ3v) is 4.74. The average molecular weight is 473 g/mol. The van der Waals surface area contributed by atoms with Crippen LogP contribution in [0.15, 0.2) is 29.5 Å². The highest BCUT2D eigenvalue weighted by atomic mass is 127. The van der Waals surface area contributed by atoms with Gasteiger partial charge in [-0.3, -0.25) is 14.8 Å². The predicted octanol–water partition coefficient (Wildman–Crippen LogP) is 2.81. The third-order valence-electron chi connectivity index (χ3n) is 4.74. The van der Waals surface area contributed by atoms with E-state index in [4.69, 9.17) is 0 Å². The second-order valence-electron chi connectivity index (χ2n) is 7.30. The summed E-state index contributed by atoms with van der Waals surface area (Å²) in [4.78, 5) is 20.2. The van der Waals surface area contributed by atoms with Crippen LogP contribution in [0.3, 0.4) is 0 Å². The highest BCUT2D eigenvalue weighted by Crippen LogP contribution is 2.45. The molecule has 1 saturated carbocycles. The molecule has 1 aliphatic carbocycles. The predicted molar refractivity (Wildman–Crippen MR) is 117 cm³/mol. The Hall–Kier alpha value is -1.38. The molecule has 0 unspecified atom stereocenters. The number of nitrogens with zero attached hydrogens (tertiary/aromatic N) is 2. The molecule has 146 valence electrons. The van der Waals surface area contributed by atoms with Crippen molar-refractivity contribution < 1.29 is 4.79 Å². The number of guanidine groups is 1. The molecule has 0 bridgehead atoms. The topological polar surface area (TPSA) is 78.4 Å². The van der Waals surface area contributed by atoms with Crippen molar-refractivity contribution in [3.63, 3.8) is 0 Å². The van der Waals surface area contributed by atoms with Crippen LogP contribution >= 0.6 is 24.0 Å². The first-order valence-corrected chi connectivity index (χ1v) is 9.17. The fraction of sp³-hybridized carbons (Fsp3) is 0.632. The molecule has 0 radical (unpaired) electrons. The summed E-state index contributed by atoms with van der Waals surface area (Å²) in [5.41, 5.74) is 1.01. The van der Waals surface area contributed by atoms with Gasteiger partial charge in [0.1, 0.15) is 0 Å². The van der Waals surface area contributed by atoms with Crippen molar-refractivity contribution >= 4 is 35.8 Å². The third kappa shape index (κ3) is 7.09. The molecule has 3 N–H and O–H groups in total. The van der Waals surface area contributed by atoms with Crippen LogP contribution in [0, 0.1) is 11.3 Å². The molecule has 26 heavy (non-hydrogen) atoms. The summed E-state index contributed by atoms with van der Waals surface area (Å²) in [6, 6.07) is 3.51. The van der Waals surface area contributed by atoms with Crippen LogP contribution in [-0.2, 0) is 0 Å². The van der Waals surface area contributed by atoms with Crippen molar-refractivity contribution in [2.75, 3.05) is 26.7 Å². The number of amides is 1. The number of hydrogen-bond donors (Lipinski definition) is 3. The average Bonchev–Trinajstić information content (AvgIpc) is 2.58. The minimum atomic E-state index is -0.108. The van der Waals surface area contributed by atoms with Gasteiger partial charge in [0, 0.05) is 39.1 Å². The maximum atomic E-state index is 11.9. The minimum Gasteiger partial charge on any atom is -0.356 e. The Kier molecular flexibility index (Phi) is 9.90. The highest BCUT2D eigenvalue weighted by molar-refractivity contribution is 14.0. The number of aliphatic imine (C=N–C) groups is 1. The van der Waals surface area contributed by atoms with Crippen LogP contribution in [0.1, 0.15) is 49.9 Å². The summed E-state index contributed by atoms with van der Waals surface area (Å²) in [6.07, 6.45) is 8.42. The van der Waals surface area contributed by atoms with Gasteiger partial charge in [0.05, 0.1) is 5.56 Å². The fourth-order valence-corrected chi connectivity index (χ4v) is 3.44. The molecule has 1 heterocycles. The number of hydrogen-bond acceptors (Lipinski definition) is 3. The van der Waals surface area contributed by atoms with Crippen LogP contribution in [0.2, 0.25) is 0 Å². The van der Waals surface area contributed by atoms with Gasteiger partial charge in [0.15, 0.2) is 5.96 Å². The highest BCUT2D eigenvalue weighted by Gasteiger charge is 2.37. The molecule has 0 spiro atoms. The number of aromatic nitrogens is 1. The Morgan fingerprint density at radius 2 is 2.00 bits per heavy atom. The summed E-state index contributed by atoms with van der Waals surface area (Å²) >= 11 is 0. The van der Waals surface area contributed by atoms with Crippen molar-refractivity contribution in [2.24, 2.45) is 16.3 Å². The summed E-state index contributed by atoms with van der Waals surface area (Å²) in [7, 11) is 1.78. The molecule has 0 aliphatic heterocycles. The second-order valence-corrected chi connectivity index (χ2v) is 7.30. The number of carbonyl (C=O) groups excluding carboxylic acids is 1. The maximum Gasteiger partial charge on any atom is 0.252 e. The zero-order valence-electron chi connectivity index (χ0n) is 16.0. The molecule has 0 atom stereocenters. The normalized spacial score (nSPS) is 15.6. The zero-order chi connectivity index (χ0) is 18.1. The molecule has 1 amide bonds. The number of pyridine rings is 1. The molecule has 2 rings (SSSR count). The molecule has 0 aromatic carbocycles. The van der Waals surface area contributed by atoms with Crippen LogP contribution in [0.5, 0.6) is 0 Å². The zero-order valence-corrected chi connectivity index (χ0v) is 18.4. The Labute approximate surface area is 174 Å². The van der Waals surface area contributed by atoms with E-state index < -0.39 is 0 Å². The molecule has 1 aromatic heterocycles. The molecule has 1 aliphatic rings. The van der Waals surface area contributed by atoms with Crippen molar-refractivity contribution in [1.82, 2.24) is 20.9 Å². The van der Waals surface area contributed by atoms with Crippen molar-refractivity contribution in [3.8, 4) is 0 Å². The van der Waals surface area contributed by atoms with Gasteiger partial charge in [0.25, 0.3) is 5.91 Å². The van der Waals surface area contributed by atoms with E-state index in [2.05, 4.69) is 39.8 Å². The Morgan fingerprint density at radius 1 is 1.27 bits per heavy atom. The molecule has 6 nitrogen and oxygen atoms in total. The van der Waals surface area contributed by atoms with E-state index in [-0.39, 0.29) is 29.9 Å². The van der Waals surface area contributed by atoms with E-state index in [1.165, 1.54) is 25.7 Å². The largest absolute Gasteiger partial charge is 0.356 e. The molecule has 1 fully saturated rings. The molecule has 0 saturated heterocycles. The second kappa shape index (κ2) is 11.4. The summed E-state index contributed by atoms with van der Waals surface area (Å²) in [6.45, 7) is 6.71. The first-order chi connectivity index (χ1) is 12.0. The minimum absolute atomic E-state index is 0. The number of carbonyl (C=O) groups is 1. The molecule has 1 aromatic rings. The summed E-state index contributed by atoms with van der Waals surface area (Å²) in [5, 5.41) is 9.59. The number of nitrogens with one attached hydrogen (secondary N) is 3. The van der Waals surface area contributed by atoms with E-state index in [0.29, 0.717) is 24.1 Å². The molecular formula is C19H32IN5O. The van der Waals surface area contributed by atoms with E-state index >= 15 is 0 Å². The maximum absolute atomic E-state index is 11.9. The van der Waals surface area contributed by atoms with Crippen LogP contribution < -0.4 is 16.0 Å². The van der Waals surface area contributed by atoms with Crippen molar-refractivity contribution in [1.29, 1.82) is 0 Å². The SMILES string of the molecule is CN=C(NCCNC(=O)c1cccnc1)NCC1(CC(C)C)CCC1.I. The van der Waals surface area contributed by atoms with Gasteiger partial charge in [0.2, 0.25) is 0 Å². The first kappa shape index (κ1) is 22.7. The summed E-state index contributed by atoms with van der Waals surface area (Å²) < 4.78 is 0. The van der Waals surface area contributed by atoms with E-state index in [1.807, 2.05) is 0 Å². The fourth-order valence-electron chi connectivity index (χ4n) is 3.44. The Morgan fingerprint density at radius 3 is 2.54 bits per heavy atom. The lowest BCUT2D eigenvalue weighted by molar-refractivity contribution is 0.0954. The van der Waals surface area contributed by atoms with Crippen LogP contribution in [-0.4, -0.2) is 43.5 Å². The summed E-state index contributed by atoms with van der Waals surface area (Å²) in [5.74, 6) is 1.41. The monoisotopic (exact) mass is 473 g/mol. The van der Waals surface area contributed by atoms with Crippen molar-refractivity contribution in [2.45, 2.75) is 39.5 Å². The standard InChI is InChI=1S/C19H31N5O.HI/c1-15(2)12-19(7-5-8-19)14-24-18(20-3)23-11-10-22-17(25)16-6-4-9-21-13-16;/h4,6,9,13,15H,5,7-8,10-12,14H2,1-3H3,(H,22,25)(H2,20,23,24);1H. The molecular weight excluding hydrogens is 441 g/mol. The van der Waals surface area contributed by atoms with Gasteiger partial charge < -0.3 is 16.0 Å². The number of halogens is 1. The first-order valence-electron chi connectivity index (χ1n) is 9.17. The van der Waals surface area contributed by atoms with Gasteiger partial charge in [-0.05, 0) is 42.7 Å². The van der Waals surface area contributed by atoms with Gasteiger partial charge in [-0.15, -0.1) is 24.0 Å². The van der Waals surface area contributed by atoms with Crippen LogP contribution in [0.25, 0.3) is 0 Å². The van der Waals surface area contributed by atoms with E-state index in [0.717, 1.165) is 18.4 Å². The Bertz CT molecular complexity index is 573. The smallest absolute Gasteiger partial charge is 0.252 e. The lowest BCUT2D eigenvalue weighted by Gasteiger charge is -2.43. The lowest BCUT2D eigenvalue weighted by atomic mass is 9.64. The van der Waals surface area contributed by atoms with E-state index in [1.54, 1.807) is 31.6 Å². The van der Waals surface area contributed by atoms with Crippen LogP contribution in [0.4, 0.5) is 0 Å². The quantitative estimate of drug-likeness (QED) is 0.235. The lowest BCUT2D eigenvalue weighted by Crippen LogP contribution is -2.48.